The molecule has 1 heterocycles. The van der Waals surface area contributed by atoms with Gasteiger partial charge in [-0.25, -0.2) is 4.79 Å². The van der Waals surface area contributed by atoms with Gasteiger partial charge in [0.15, 0.2) is 0 Å². The van der Waals surface area contributed by atoms with Crippen LogP contribution in [0.1, 0.15) is 19.8 Å². The van der Waals surface area contributed by atoms with Gasteiger partial charge < -0.3 is 9.84 Å². The molecule has 0 spiro atoms. The third-order valence-electron chi connectivity index (χ3n) is 2.15. The predicted octanol–water partition coefficient (Wildman–Crippen LogP) is 0.877. The van der Waals surface area contributed by atoms with Crippen LogP contribution in [-0.4, -0.2) is 23.8 Å². The number of aliphatic hydroxyl groups excluding tert-OH is 1. The first kappa shape index (κ1) is 9.26. The molecule has 0 aromatic rings. The summed E-state index contributed by atoms with van der Waals surface area (Å²) in [5.41, 5.74) is 0.413. The maximum atomic E-state index is 10.9. The number of carbonyl (C=O) groups is 1. The van der Waals surface area contributed by atoms with Gasteiger partial charge in [0, 0.05) is 5.57 Å². The van der Waals surface area contributed by atoms with E-state index < -0.39 is 6.10 Å². The third-order valence-corrected chi connectivity index (χ3v) is 2.15. The molecule has 0 bridgehead atoms. The normalized spacial score (nSPS) is 25.7. The lowest BCUT2D eigenvalue weighted by Crippen LogP contribution is -2.21. The van der Waals surface area contributed by atoms with E-state index in [1.165, 1.54) is 0 Å². The molecular formula is C9H14O3. The fourth-order valence-electron chi connectivity index (χ4n) is 1.35. The highest BCUT2D eigenvalue weighted by Gasteiger charge is 2.33. The van der Waals surface area contributed by atoms with Crippen molar-refractivity contribution in [2.45, 2.75) is 25.9 Å². The number of aliphatic hydroxyl groups is 1. The van der Waals surface area contributed by atoms with Crippen LogP contribution in [0.5, 0.6) is 0 Å². The molecule has 0 aliphatic carbocycles. The second kappa shape index (κ2) is 3.72. The van der Waals surface area contributed by atoms with Crippen molar-refractivity contribution in [2.75, 3.05) is 6.61 Å². The van der Waals surface area contributed by atoms with E-state index in [4.69, 9.17) is 4.74 Å². The maximum Gasteiger partial charge on any atom is 0.333 e. The standard InChI is InChI=1S/C9H14O3/c1-3-4-8(10)7-5-12-9(11)6(7)2/h7-8,10H,2-5H2,1H3. The highest BCUT2D eigenvalue weighted by atomic mass is 16.5. The Labute approximate surface area is 72.0 Å². The lowest BCUT2D eigenvalue weighted by molar-refractivity contribution is -0.135. The van der Waals surface area contributed by atoms with Gasteiger partial charge in [-0.2, -0.15) is 0 Å². The molecule has 1 N–H and O–H groups in total. The van der Waals surface area contributed by atoms with Crippen molar-refractivity contribution in [1.29, 1.82) is 0 Å². The summed E-state index contributed by atoms with van der Waals surface area (Å²) in [5, 5.41) is 9.54. The number of cyclic esters (lactones) is 1. The third kappa shape index (κ3) is 1.67. The molecule has 0 radical (unpaired) electrons. The maximum absolute atomic E-state index is 10.9. The molecule has 1 aliphatic rings. The molecule has 12 heavy (non-hydrogen) atoms. The molecule has 1 fully saturated rings. The number of rotatable bonds is 3. The fraction of sp³-hybridized carbons (Fsp3) is 0.667. The number of esters is 1. The van der Waals surface area contributed by atoms with Crippen LogP contribution >= 0.6 is 0 Å². The Hall–Kier alpha value is -0.830. The van der Waals surface area contributed by atoms with E-state index in [0.29, 0.717) is 18.6 Å². The Morgan fingerprint density at radius 2 is 2.50 bits per heavy atom. The molecule has 2 unspecified atom stereocenters. The van der Waals surface area contributed by atoms with Crippen molar-refractivity contribution in [3.05, 3.63) is 12.2 Å². The summed E-state index contributed by atoms with van der Waals surface area (Å²) in [5.74, 6) is -0.549. The monoisotopic (exact) mass is 170 g/mol. The van der Waals surface area contributed by atoms with Crippen molar-refractivity contribution < 1.29 is 14.6 Å². The van der Waals surface area contributed by atoms with Gasteiger partial charge >= 0.3 is 5.97 Å². The number of hydrogen-bond acceptors (Lipinski definition) is 3. The van der Waals surface area contributed by atoms with Gasteiger partial charge in [0.1, 0.15) is 6.61 Å². The van der Waals surface area contributed by atoms with E-state index in [9.17, 15) is 9.90 Å². The van der Waals surface area contributed by atoms with Gasteiger partial charge in [0.05, 0.1) is 12.0 Å². The van der Waals surface area contributed by atoms with Gasteiger partial charge in [-0.1, -0.05) is 19.9 Å². The molecule has 68 valence electrons. The minimum Gasteiger partial charge on any atom is -0.462 e. The second-order valence-electron chi connectivity index (χ2n) is 3.09. The van der Waals surface area contributed by atoms with E-state index in [1.54, 1.807) is 0 Å². The van der Waals surface area contributed by atoms with Crippen LogP contribution in [0.2, 0.25) is 0 Å². The zero-order valence-corrected chi connectivity index (χ0v) is 7.25. The van der Waals surface area contributed by atoms with Crippen molar-refractivity contribution in [1.82, 2.24) is 0 Å². The number of carbonyl (C=O) groups excluding carboxylic acids is 1. The Kier molecular flexibility index (Phi) is 2.87. The molecule has 0 aromatic carbocycles. The van der Waals surface area contributed by atoms with Crippen LogP contribution < -0.4 is 0 Å². The molecule has 1 saturated heterocycles. The van der Waals surface area contributed by atoms with E-state index in [-0.39, 0.29) is 11.9 Å². The first-order valence-corrected chi connectivity index (χ1v) is 4.20. The van der Waals surface area contributed by atoms with Crippen molar-refractivity contribution in [2.24, 2.45) is 5.92 Å². The van der Waals surface area contributed by atoms with Crippen molar-refractivity contribution in [3.8, 4) is 0 Å². The van der Waals surface area contributed by atoms with Gasteiger partial charge in [-0.3, -0.25) is 0 Å². The molecular weight excluding hydrogens is 156 g/mol. The molecule has 2 atom stereocenters. The molecule has 1 aliphatic heterocycles. The largest absolute Gasteiger partial charge is 0.462 e. The summed E-state index contributed by atoms with van der Waals surface area (Å²) in [6.45, 7) is 5.87. The lowest BCUT2D eigenvalue weighted by Gasteiger charge is -2.14. The van der Waals surface area contributed by atoms with Gasteiger partial charge in [0.25, 0.3) is 0 Å². The first-order chi connectivity index (χ1) is 5.66. The highest BCUT2D eigenvalue weighted by molar-refractivity contribution is 5.90. The lowest BCUT2D eigenvalue weighted by atomic mass is 9.94. The molecule has 1 rings (SSSR count). The minimum atomic E-state index is -0.478. The van der Waals surface area contributed by atoms with E-state index >= 15 is 0 Å². The molecule has 3 heteroatoms. The first-order valence-electron chi connectivity index (χ1n) is 4.20. The Balaban J connectivity index is 2.53. The van der Waals surface area contributed by atoms with Gasteiger partial charge in [0.2, 0.25) is 0 Å². The predicted molar refractivity (Wildman–Crippen MR) is 44.5 cm³/mol. The van der Waals surface area contributed by atoms with Crippen LogP contribution in [-0.2, 0) is 9.53 Å². The molecule has 0 aromatic heterocycles. The van der Waals surface area contributed by atoms with E-state index in [2.05, 4.69) is 6.58 Å². The van der Waals surface area contributed by atoms with Gasteiger partial charge in [-0.15, -0.1) is 0 Å². The van der Waals surface area contributed by atoms with Crippen LogP contribution in [0.15, 0.2) is 12.2 Å². The average Bonchev–Trinajstić information content (AvgIpc) is 2.34. The van der Waals surface area contributed by atoms with Crippen LogP contribution in [0.4, 0.5) is 0 Å². The Morgan fingerprint density at radius 1 is 1.83 bits per heavy atom. The van der Waals surface area contributed by atoms with E-state index in [1.807, 2.05) is 6.92 Å². The SMILES string of the molecule is C=C1C(=O)OCC1C(O)CCC. The summed E-state index contributed by atoms with van der Waals surface area (Å²) in [4.78, 5) is 10.9. The highest BCUT2D eigenvalue weighted by Crippen LogP contribution is 2.24. The zero-order chi connectivity index (χ0) is 9.14. The summed E-state index contributed by atoms with van der Waals surface area (Å²) < 4.78 is 4.75. The zero-order valence-electron chi connectivity index (χ0n) is 7.25. The molecule has 3 nitrogen and oxygen atoms in total. The quantitative estimate of drug-likeness (QED) is 0.505. The Morgan fingerprint density at radius 3 is 2.92 bits per heavy atom. The van der Waals surface area contributed by atoms with Gasteiger partial charge in [-0.05, 0) is 6.42 Å². The average molecular weight is 170 g/mol. The summed E-state index contributed by atoms with van der Waals surface area (Å²) in [6.07, 6.45) is 1.12. The minimum absolute atomic E-state index is 0.183. The second-order valence-corrected chi connectivity index (χ2v) is 3.09. The van der Waals surface area contributed by atoms with Crippen molar-refractivity contribution >= 4 is 5.97 Å². The van der Waals surface area contributed by atoms with E-state index in [0.717, 1.165) is 6.42 Å². The number of hydrogen-bond donors (Lipinski definition) is 1. The molecule has 0 amide bonds. The number of ether oxygens (including phenoxy) is 1. The van der Waals surface area contributed by atoms with Crippen LogP contribution in [0.25, 0.3) is 0 Å². The summed E-state index contributed by atoms with van der Waals surface area (Å²) in [7, 11) is 0. The molecule has 0 saturated carbocycles. The van der Waals surface area contributed by atoms with Crippen LogP contribution in [0, 0.1) is 5.92 Å². The van der Waals surface area contributed by atoms with Crippen LogP contribution in [0.3, 0.4) is 0 Å². The summed E-state index contributed by atoms with van der Waals surface area (Å²) in [6, 6.07) is 0. The Bertz CT molecular complexity index is 198. The van der Waals surface area contributed by atoms with Crippen molar-refractivity contribution in [3.63, 3.8) is 0 Å². The fourth-order valence-corrected chi connectivity index (χ4v) is 1.35. The topological polar surface area (TPSA) is 46.5 Å². The smallest absolute Gasteiger partial charge is 0.333 e. The summed E-state index contributed by atoms with van der Waals surface area (Å²) >= 11 is 0.